The van der Waals surface area contributed by atoms with Crippen LogP contribution in [0, 0.1) is 17.8 Å². The van der Waals surface area contributed by atoms with E-state index >= 15 is 0 Å². The van der Waals surface area contributed by atoms with Gasteiger partial charge < -0.3 is 14.2 Å². The van der Waals surface area contributed by atoms with E-state index in [2.05, 4.69) is 41.5 Å². The van der Waals surface area contributed by atoms with Gasteiger partial charge in [0, 0.05) is 19.3 Å². The Morgan fingerprint density at radius 3 is 0.703 bits per heavy atom. The van der Waals surface area contributed by atoms with E-state index in [1.165, 1.54) is 263 Å². The van der Waals surface area contributed by atoms with Gasteiger partial charge in [0.25, 0.3) is 0 Å². The van der Waals surface area contributed by atoms with E-state index in [0.29, 0.717) is 19.3 Å². The number of carbonyl (C=O) groups is 3. The topological polar surface area (TPSA) is 78.9 Å². The molecule has 0 spiro atoms. The molecule has 0 aliphatic carbocycles. The summed E-state index contributed by atoms with van der Waals surface area (Å²) in [5.41, 5.74) is 0. The predicted octanol–water partition coefficient (Wildman–Crippen LogP) is 22.6. The molecule has 0 N–H and O–H groups in total. The second kappa shape index (κ2) is 59.1. The number of ether oxygens (including phenoxy) is 3. The van der Waals surface area contributed by atoms with Gasteiger partial charge in [-0.05, 0) is 37.0 Å². The summed E-state index contributed by atoms with van der Waals surface area (Å²) in [6, 6.07) is 0. The average molecular weight is 1050 g/mol. The number of hydrogen-bond acceptors (Lipinski definition) is 6. The van der Waals surface area contributed by atoms with Gasteiger partial charge in [-0.3, -0.25) is 14.4 Å². The fourth-order valence-electron chi connectivity index (χ4n) is 10.5. The van der Waals surface area contributed by atoms with Crippen molar-refractivity contribution >= 4 is 17.9 Å². The van der Waals surface area contributed by atoms with Crippen molar-refractivity contribution in [1.29, 1.82) is 0 Å². The molecular formula is C68H132O6. The Bertz CT molecular complexity index is 1150. The first-order chi connectivity index (χ1) is 36.2. The van der Waals surface area contributed by atoms with Crippen LogP contribution < -0.4 is 0 Å². The molecule has 3 atom stereocenters. The van der Waals surface area contributed by atoms with Crippen molar-refractivity contribution in [2.75, 3.05) is 13.2 Å². The van der Waals surface area contributed by atoms with Gasteiger partial charge in [-0.25, -0.2) is 0 Å². The normalized spacial score (nSPS) is 12.9. The molecule has 0 aliphatic heterocycles. The SMILES string of the molecule is CCC(C)CCCCCCCCCCCCCCCCCCCCC(=O)OC[C@@H](COC(=O)CCCCCCCCCCCCCCCC(C)C)OC(=O)CCCCCCCCCCCCCCCCC(C)CC. The summed E-state index contributed by atoms with van der Waals surface area (Å²) in [4.78, 5) is 38.4. The molecule has 6 heteroatoms. The Labute approximate surface area is 463 Å². The van der Waals surface area contributed by atoms with E-state index in [1.807, 2.05) is 0 Å². The molecule has 74 heavy (non-hydrogen) atoms. The molecule has 0 aliphatic rings. The zero-order chi connectivity index (χ0) is 54.1. The van der Waals surface area contributed by atoms with Gasteiger partial charge in [-0.15, -0.1) is 0 Å². The van der Waals surface area contributed by atoms with Gasteiger partial charge in [-0.2, -0.15) is 0 Å². The van der Waals surface area contributed by atoms with E-state index in [0.717, 1.165) is 75.5 Å². The van der Waals surface area contributed by atoms with Crippen LogP contribution in [0.1, 0.15) is 382 Å². The lowest BCUT2D eigenvalue weighted by atomic mass is 9.99. The van der Waals surface area contributed by atoms with Crippen LogP contribution in [-0.2, 0) is 28.6 Å². The summed E-state index contributed by atoms with van der Waals surface area (Å²) in [6.07, 6.45) is 65.2. The van der Waals surface area contributed by atoms with Crippen LogP contribution in [-0.4, -0.2) is 37.2 Å². The molecule has 440 valence electrons. The lowest BCUT2D eigenvalue weighted by molar-refractivity contribution is -0.167. The maximum atomic E-state index is 12.9. The number of hydrogen-bond donors (Lipinski definition) is 0. The average Bonchev–Trinajstić information content (AvgIpc) is 3.39. The van der Waals surface area contributed by atoms with E-state index < -0.39 is 6.10 Å². The standard InChI is InChI=1S/C68H132O6/c1-7-63(5)55-49-43-37-31-25-19-13-11-9-10-12-14-21-27-33-39-45-51-57-66(69)72-60-65(61-73-67(70)58-52-46-40-34-28-23-17-18-24-30-36-42-48-54-62(3)4)74-68(71)59-53-47-41-35-29-22-16-15-20-26-32-38-44-50-56-64(6)8-2/h62-65H,7-61H2,1-6H3/t63?,64?,65-/m0/s1. The molecule has 0 radical (unpaired) electrons. The molecule has 0 fully saturated rings. The van der Waals surface area contributed by atoms with E-state index in [-0.39, 0.29) is 31.1 Å². The van der Waals surface area contributed by atoms with Crippen molar-refractivity contribution in [3.05, 3.63) is 0 Å². The van der Waals surface area contributed by atoms with Crippen molar-refractivity contribution < 1.29 is 28.6 Å². The van der Waals surface area contributed by atoms with E-state index in [9.17, 15) is 14.4 Å². The zero-order valence-corrected chi connectivity index (χ0v) is 51.1. The van der Waals surface area contributed by atoms with Gasteiger partial charge in [-0.1, -0.05) is 343 Å². The van der Waals surface area contributed by atoms with Crippen molar-refractivity contribution in [1.82, 2.24) is 0 Å². The molecule has 0 saturated heterocycles. The second-order valence-electron chi connectivity index (χ2n) is 24.4. The van der Waals surface area contributed by atoms with Crippen molar-refractivity contribution in [2.45, 2.75) is 388 Å². The summed E-state index contributed by atoms with van der Waals surface area (Å²) >= 11 is 0. The Morgan fingerprint density at radius 2 is 0.473 bits per heavy atom. The molecule has 0 aromatic rings. The Morgan fingerprint density at radius 1 is 0.270 bits per heavy atom. The van der Waals surface area contributed by atoms with E-state index in [4.69, 9.17) is 14.2 Å². The van der Waals surface area contributed by atoms with Gasteiger partial charge in [0.05, 0.1) is 0 Å². The first kappa shape index (κ1) is 72.4. The third-order valence-electron chi connectivity index (χ3n) is 16.4. The van der Waals surface area contributed by atoms with Gasteiger partial charge >= 0.3 is 17.9 Å². The molecule has 0 rings (SSSR count). The Hall–Kier alpha value is -1.59. The van der Waals surface area contributed by atoms with Crippen LogP contribution in [0.3, 0.4) is 0 Å². The molecule has 2 unspecified atom stereocenters. The molecule has 0 heterocycles. The van der Waals surface area contributed by atoms with Crippen LogP contribution in [0.4, 0.5) is 0 Å². The highest BCUT2D eigenvalue weighted by Gasteiger charge is 2.20. The summed E-state index contributed by atoms with van der Waals surface area (Å²) in [5, 5.41) is 0. The summed E-state index contributed by atoms with van der Waals surface area (Å²) in [6.45, 7) is 13.9. The van der Waals surface area contributed by atoms with Crippen LogP contribution in [0.2, 0.25) is 0 Å². The highest BCUT2D eigenvalue weighted by atomic mass is 16.6. The first-order valence-corrected chi connectivity index (χ1v) is 33.7. The Balaban J connectivity index is 4.27. The molecule has 0 saturated carbocycles. The van der Waals surface area contributed by atoms with Gasteiger partial charge in [0.2, 0.25) is 0 Å². The fraction of sp³-hybridized carbons (Fsp3) is 0.956. The lowest BCUT2D eigenvalue weighted by Gasteiger charge is -2.18. The van der Waals surface area contributed by atoms with Gasteiger partial charge in [0.15, 0.2) is 6.10 Å². The molecule has 0 bridgehead atoms. The number of carbonyl (C=O) groups excluding carboxylic acids is 3. The maximum absolute atomic E-state index is 12.9. The van der Waals surface area contributed by atoms with Crippen molar-refractivity contribution in [3.8, 4) is 0 Å². The summed E-state index contributed by atoms with van der Waals surface area (Å²) < 4.78 is 17.0. The molecule has 6 nitrogen and oxygen atoms in total. The molecule has 0 aromatic heterocycles. The molecule has 0 amide bonds. The highest BCUT2D eigenvalue weighted by Crippen LogP contribution is 2.20. The monoisotopic (exact) mass is 1050 g/mol. The maximum Gasteiger partial charge on any atom is 0.306 e. The largest absolute Gasteiger partial charge is 0.462 e. The number of rotatable bonds is 61. The fourth-order valence-corrected chi connectivity index (χ4v) is 10.5. The highest BCUT2D eigenvalue weighted by molar-refractivity contribution is 5.71. The minimum atomic E-state index is -0.765. The minimum Gasteiger partial charge on any atom is -0.462 e. The van der Waals surface area contributed by atoms with Crippen LogP contribution in [0.25, 0.3) is 0 Å². The lowest BCUT2D eigenvalue weighted by Crippen LogP contribution is -2.30. The van der Waals surface area contributed by atoms with Crippen LogP contribution in [0.5, 0.6) is 0 Å². The minimum absolute atomic E-state index is 0.0622. The smallest absolute Gasteiger partial charge is 0.306 e. The van der Waals surface area contributed by atoms with Crippen LogP contribution in [0.15, 0.2) is 0 Å². The van der Waals surface area contributed by atoms with Crippen molar-refractivity contribution in [2.24, 2.45) is 17.8 Å². The number of unbranched alkanes of at least 4 members (excludes halogenated alkanes) is 42. The Kier molecular flexibility index (Phi) is 57.8. The molecular weight excluding hydrogens is 913 g/mol. The van der Waals surface area contributed by atoms with E-state index in [1.54, 1.807) is 0 Å². The predicted molar refractivity (Wildman–Crippen MR) is 321 cm³/mol. The van der Waals surface area contributed by atoms with Crippen molar-refractivity contribution in [3.63, 3.8) is 0 Å². The van der Waals surface area contributed by atoms with Gasteiger partial charge in [0.1, 0.15) is 13.2 Å². The zero-order valence-electron chi connectivity index (χ0n) is 51.1. The second-order valence-corrected chi connectivity index (χ2v) is 24.4. The van der Waals surface area contributed by atoms with Crippen LogP contribution >= 0.6 is 0 Å². The third kappa shape index (κ3) is 58.1. The molecule has 0 aromatic carbocycles. The number of esters is 3. The summed E-state index contributed by atoms with van der Waals surface area (Å²) in [5.74, 6) is 1.81. The first-order valence-electron chi connectivity index (χ1n) is 33.7. The third-order valence-corrected chi connectivity index (χ3v) is 16.4. The quantitative estimate of drug-likeness (QED) is 0.0343. The summed E-state index contributed by atoms with van der Waals surface area (Å²) in [7, 11) is 0.